The van der Waals surface area contributed by atoms with Crippen LogP contribution in [0.1, 0.15) is 30.4 Å². The number of alkyl carbamates (subject to hydrolysis) is 1. The molecular formula is C22H21F3N2O5. The average molecular weight is 450 g/mol. The van der Waals surface area contributed by atoms with E-state index < -0.39 is 36.2 Å². The van der Waals surface area contributed by atoms with Gasteiger partial charge in [-0.15, -0.1) is 0 Å². The van der Waals surface area contributed by atoms with Gasteiger partial charge in [0.05, 0.1) is 0 Å². The van der Waals surface area contributed by atoms with E-state index in [0.29, 0.717) is 0 Å². The maximum absolute atomic E-state index is 13.3. The first kappa shape index (κ1) is 23.1. The van der Waals surface area contributed by atoms with Gasteiger partial charge in [0.15, 0.2) is 0 Å². The van der Waals surface area contributed by atoms with E-state index in [1.54, 1.807) is 5.32 Å². The van der Waals surface area contributed by atoms with Gasteiger partial charge >= 0.3 is 18.2 Å². The molecule has 2 atom stereocenters. The number of ether oxygens (including phenoxy) is 1. The molecule has 0 aliphatic heterocycles. The van der Waals surface area contributed by atoms with E-state index in [9.17, 15) is 27.6 Å². The van der Waals surface area contributed by atoms with Crippen molar-refractivity contribution in [1.29, 1.82) is 0 Å². The fourth-order valence-corrected chi connectivity index (χ4v) is 3.65. The zero-order valence-corrected chi connectivity index (χ0v) is 17.0. The summed E-state index contributed by atoms with van der Waals surface area (Å²) in [6.07, 6.45) is -6.71. The molecule has 3 N–H and O–H groups in total. The number of carboxylic acids is 1. The summed E-state index contributed by atoms with van der Waals surface area (Å²) >= 11 is 0. The first-order valence-corrected chi connectivity index (χ1v) is 9.84. The van der Waals surface area contributed by atoms with Gasteiger partial charge in [0.2, 0.25) is 6.04 Å². The van der Waals surface area contributed by atoms with Gasteiger partial charge < -0.3 is 20.5 Å². The predicted octanol–water partition coefficient (Wildman–Crippen LogP) is 3.44. The number of halogens is 3. The molecule has 0 bridgehead atoms. The van der Waals surface area contributed by atoms with Crippen LogP contribution >= 0.6 is 0 Å². The van der Waals surface area contributed by atoms with Gasteiger partial charge in [-0.2, -0.15) is 13.2 Å². The van der Waals surface area contributed by atoms with Gasteiger partial charge in [-0.05, 0) is 28.7 Å². The van der Waals surface area contributed by atoms with Crippen molar-refractivity contribution in [2.45, 2.75) is 37.5 Å². The number of alkyl halides is 3. The van der Waals surface area contributed by atoms with Gasteiger partial charge in [-0.25, -0.2) is 9.59 Å². The molecule has 0 spiro atoms. The van der Waals surface area contributed by atoms with Crippen LogP contribution in [0.5, 0.6) is 0 Å². The Kier molecular flexibility index (Phi) is 6.71. The minimum absolute atomic E-state index is 0.128. The van der Waals surface area contributed by atoms with Crippen molar-refractivity contribution in [2.75, 3.05) is 6.61 Å². The highest BCUT2D eigenvalue weighted by Gasteiger charge is 2.47. The number of nitrogens with one attached hydrogen (secondary N) is 2. The molecule has 1 aliphatic rings. The standard InChI is InChI=1S/C22H21F3N2O5/c1-2-17(20(29)30)26-19(28)18(22(23,24)25)27-21(31)32-11-16-14-9-5-3-7-12(14)13-8-4-6-10-15(13)16/h3-10,16-18H,2,11H2,1H3,(H,26,28)(H,27,31)(H,29,30)/t17-,18?/m1/s1. The molecule has 1 unspecified atom stereocenters. The topological polar surface area (TPSA) is 105 Å². The summed E-state index contributed by atoms with van der Waals surface area (Å²) in [4.78, 5) is 35.2. The summed E-state index contributed by atoms with van der Waals surface area (Å²) in [5, 5.41) is 12.2. The number of hydrogen-bond acceptors (Lipinski definition) is 4. The molecule has 0 fully saturated rings. The third kappa shape index (κ3) is 4.84. The number of carbonyl (C=O) groups excluding carboxylic acids is 2. The second-order valence-corrected chi connectivity index (χ2v) is 7.25. The van der Waals surface area contributed by atoms with E-state index in [1.807, 2.05) is 48.5 Å². The number of carboxylic acid groups (broad SMARTS) is 1. The Morgan fingerprint density at radius 2 is 1.53 bits per heavy atom. The maximum Gasteiger partial charge on any atom is 0.417 e. The van der Waals surface area contributed by atoms with Crippen LogP contribution in [0.2, 0.25) is 0 Å². The lowest BCUT2D eigenvalue weighted by atomic mass is 9.98. The molecule has 170 valence electrons. The lowest BCUT2D eigenvalue weighted by molar-refractivity contribution is -0.169. The Balaban J connectivity index is 1.70. The van der Waals surface area contributed by atoms with Crippen LogP contribution in [0.15, 0.2) is 48.5 Å². The van der Waals surface area contributed by atoms with Crippen LogP contribution in [0.4, 0.5) is 18.0 Å². The lowest BCUT2D eigenvalue weighted by Gasteiger charge is -2.23. The Morgan fingerprint density at radius 1 is 1.00 bits per heavy atom. The molecule has 0 saturated carbocycles. The summed E-state index contributed by atoms with van der Waals surface area (Å²) in [7, 11) is 0. The summed E-state index contributed by atoms with van der Waals surface area (Å²) in [5.74, 6) is -3.54. The number of aliphatic carboxylic acids is 1. The molecule has 2 aromatic rings. The number of amides is 2. The summed E-state index contributed by atoms with van der Waals surface area (Å²) < 4.78 is 45.1. The average Bonchev–Trinajstić information content (AvgIpc) is 3.07. The van der Waals surface area contributed by atoms with Gasteiger partial charge in [0.1, 0.15) is 12.6 Å². The molecule has 0 heterocycles. The van der Waals surface area contributed by atoms with Crippen molar-refractivity contribution in [3.63, 3.8) is 0 Å². The molecule has 10 heteroatoms. The smallest absolute Gasteiger partial charge is 0.417 e. The Hall–Kier alpha value is -3.56. The highest BCUT2D eigenvalue weighted by Crippen LogP contribution is 2.44. The van der Waals surface area contributed by atoms with Gasteiger partial charge in [-0.1, -0.05) is 55.5 Å². The fourth-order valence-electron chi connectivity index (χ4n) is 3.65. The molecule has 0 saturated heterocycles. The van der Waals surface area contributed by atoms with Gasteiger partial charge in [-0.3, -0.25) is 4.79 Å². The molecular weight excluding hydrogens is 429 g/mol. The third-order valence-electron chi connectivity index (χ3n) is 5.22. The van der Waals surface area contributed by atoms with Gasteiger partial charge in [0, 0.05) is 5.92 Å². The van der Waals surface area contributed by atoms with E-state index in [2.05, 4.69) is 0 Å². The third-order valence-corrected chi connectivity index (χ3v) is 5.22. The van der Waals surface area contributed by atoms with Crippen molar-refractivity contribution in [3.8, 4) is 11.1 Å². The highest BCUT2D eigenvalue weighted by atomic mass is 19.4. The monoisotopic (exact) mass is 450 g/mol. The van der Waals surface area contributed by atoms with Crippen molar-refractivity contribution in [3.05, 3.63) is 59.7 Å². The zero-order chi connectivity index (χ0) is 23.5. The second kappa shape index (κ2) is 9.29. The van der Waals surface area contributed by atoms with Crippen LogP contribution in [0.3, 0.4) is 0 Å². The number of hydrogen-bond donors (Lipinski definition) is 3. The zero-order valence-electron chi connectivity index (χ0n) is 17.0. The molecule has 32 heavy (non-hydrogen) atoms. The van der Waals surface area contributed by atoms with Crippen LogP contribution in [-0.4, -0.2) is 47.9 Å². The Morgan fingerprint density at radius 3 is 2.00 bits per heavy atom. The molecule has 0 radical (unpaired) electrons. The Labute approximate surface area is 181 Å². The second-order valence-electron chi connectivity index (χ2n) is 7.25. The lowest BCUT2D eigenvalue weighted by Crippen LogP contribution is -2.57. The SMILES string of the molecule is CC[C@@H](NC(=O)C(NC(=O)OCC1c2ccccc2-c2ccccc21)C(F)(F)F)C(=O)O. The van der Waals surface area contributed by atoms with E-state index in [-0.39, 0.29) is 18.9 Å². The minimum Gasteiger partial charge on any atom is -0.480 e. The fraction of sp³-hybridized carbons (Fsp3) is 0.318. The molecule has 3 rings (SSSR count). The largest absolute Gasteiger partial charge is 0.480 e. The first-order valence-electron chi connectivity index (χ1n) is 9.84. The van der Waals surface area contributed by atoms with E-state index >= 15 is 0 Å². The minimum atomic E-state index is -5.15. The molecule has 2 amide bonds. The van der Waals surface area contributed by atoms with Crippen LogP contribution in [-0.2, 0) is 14.3 Å². The number of benzene rings is 2. The molecule has 1 aliphatic carbocycles. The van der Waals surface area contributed by atoms with Crippen molar-refractivity contribution < 1.29 is 37.4 Å². The van der Waals surface area contributed by atoms with E-state index in [1.165, 1.54) is 12.2 Å². The van der Waals surface area contributed by atoms with Crippen LogP contribution < -0.4 is 10.6 Å². The predicted molar refractivity (Wildman–Crippen MR) is 108 cm³/mol. The van der Waals surface area contributed by atoms with E-state index in [4.69, 9.17) is 9.84 Å². The summed E-state index contributed by atoms with van der Waals surface area (Å²) in [6.45, 7) is 1.15. The van der Waals surface area contributed by atoms with Gasteiger partial charge in [0.25, 0.3) is 5.91 Å². The maximum atomic E-state index is 13.3. The van der Waals surface area contributed by atoms with Crippen molar-refractivity contribution in [2.24, 2.45) is 0 Å². The number of carbonyl (C=O) groups is 3. The number of rotatable bonds is 7. The number of fused-ring (bicyclic) bond motifs is 3. The molecule has 7 nitrogen and oxygen atoms in total. The summed E-state index contributed by atoms with van der Waals surface area (Å²) in [5.41, 5.74) is 3.64. The first-order chi connectivity index (χ1) is 15.1. The van der Waals surface area contributed by atoms with Crippen LogP contribution in [0.25, 0.3) is 11.1 Å². The van der Waals surface area contributed by atoms with Crippen molar-refractivity contribution >= 4 is 18.0 Å². The quantitative estimate of drug-likeness (QED) is 0.600. The van der Waals surface area contributed by atoms with Crippen molar-refractivity contribution in [1.82, 2.24) is 10.6 Å². The molecule has 0 aromatic heterocycles. The Bertz CT molecular complexity index is 979. The highest BCUT2D eigenvalue weighted by molar-refractivity contribution is 5.90. The molecule has 2 aromatic carbocycles. The summed E-state index contributed by atoms with van der Waals surface area (Å²) in [6, 6.07) is 10.4. The normalized spacial score (nSPS) is 14.6. The van der Waals surface area contributed by atoms with Crippen LogP contribution in [0, 0.1) is 0 Å². The van der Waals surface area contributed by atoms with E-state index in [0.717, 1.165) is 22.3 Å².